The predicted molar refractivity (Wildman–Crippen MR) is 114 cm³/mol. The van der Waals surface area contributed by atoms with Gasteiger partial charge in [-0.15, -0.1) is 24.0 Å². The summed E-state index contributed by atoms with van der Waals surface area (Å²) in [5, 5.41) is 7.20. The first-order valence-corrected chi connectivity index (χ1v) is 9.21. The normalized spacial score (nSPS) is 21.9. The summed E-state index contributed by atoms with van der Waals surface area (Å²) in [6.45, 7) is 8.12. The lowest BCUT2D eigenvalue weighted by Crippen LogP contribution is -2.45. The molecule has 2 heterocycles. The molecule has 1 aromatic carbocycles. The molecule has 2 N–H and O–H groups in total. The molecule has 26 heavy (non-hydrogen) atoms. The molecule has 0 radical (unpaired) electrons. The fourth-order valence-electron chi connectivity index (χ4n) is 3.01. The van der Waals surface area contributed by atoms with E-state index >= 15 is 0 Å². The fourth-order valence-corrected chi connectivity index (χ4v) is 3.30. The maximum atomic E-state index is 6.29. The first kappa shape index (κ1) is 21.4. The average molecular weight is 496 g/mol. The van der Waals surface area contributed by atoms with Crippen LogP contribution in [0.1, 0.15) is 32.3 Å². The lowest BCUT2D eigenvalue weighted by atomic mass is 10.0. The number of guanidine groups is 1. The first-order valence-electron chi connectivity index (χ1n) is 8.84. The molecule has 8 heteroatoms. The van der Waals surface area contributed by atoms with Gasteiger partial charge in [-0.25, -0.2) is 4.99 Å². The van der Waals surface area contributed by atoms with Crippen LogP contribution in [0.5, 0.6) is 11.5 Å². The average Bonchev–Trinajstić information content (AvgIpc) is 3.04. The van der Waals surface area contributed by atoms with E-state index in [9.17, 15) is 0 Å². The highest BCUT2D eigenvalue weighted by Crippen LogP contribution is 2.38. The van der Waals surface area contributed by atoms with Gasteiger partial charge in [-0.3, -0.25) is 0 Å². The Labute approximate surface area is 177 Å². The minimum Gasteiger partial charge on any atom is -0.486 e. The smallest absolute Gasteiger partial charge is 0.191 e. The number of rotatable bonds is 5. The molecule has 0 spiro atoms. The molecule has 3 rings (SSSR count). The van der Waals surface area contributed by atoms with Gasteiger partial charge in [-0.05, 0) is 44.4 Å². The summed E-state index contributed by atoms with van der Waals surface area (Å²) < 4.78 is 17.0. The molecule has 1 saturated heterocycles. The lowest BCUT2D eigenvalue weighted by molar-refractivity contribution is 0.0243. The van der Waals surface area contributed by atoms with Crippen LogP contribution in [-0.4, -0.2) is 44.5 Å². The molecule has 0 saturated carbocycles. The number of hydrogen-bond acceptors (Lipinski definition) is 4. The van der Waals surface area contributed by atoms with Gasteiger partial charge >= 0.3 is 0 Å². The molecule has 1 unspecified atom stereocenters. The number of hydrogen-bond donors (Lipinski definition) is 2. The van der Waals surface area contributed by atoms with Gasteiger partial charge in [0.25, 0.3) is 0 Å². The molecule has 146 valence electrons. The molecule has 2 aliphatic rings. The molecule has 0 bridgehead atoms. The molecular weight excluding hydrogens is 469 g/mol. The van der Waals surface area contributed by atoms with Crippen LogP contribution in [0.2, 0.25) is 5.02 Å². The summed E-state index contributed by atoms with van der Waals surface area (Å²) >= 11 is 6.29. The SMILES string of the molecule is CCNC(=NCc1cc(Cl)c2c(c1)OCCO2)NCC1(C)CCCO1.I. The monoisotopic (exact) mass is 495 g/mol. The molecule has 0 amide bonds. The van der Waals surface area contributed by atoms with E-state index in [1.54, 1.807) is 0 Å². The highest BCUT2D eigenvalue weighted by atomic mass is 127. The molecule has 0 aromatic heterocycles. The Kier molecular flexibility index (Phi) is 8.09. The number of benzene rings is 1. The second-order valence-corrected chi connectivity index (χ2v) is 6.96. The van der Waals surface area contributed by atoms with E-state index in [4.69, 9.17) is 25.8 Å². The van der Waals surface area contributed by atoms with Crippen LogP contribution < -0.4 is 20.1 Å². The van der Waals surface area contributed by atoms with Crippen LogP contribution >= 0.6 is 35.6 Å². The van der Waals surface area contributed by atoms with Crippen molar-refractivity contribution < 1.29 is 14.2 Å². The number of aliphatic imine (C=N–C) groups is 1. The van der Waals surface area contributed by atoms with Crippen molar-refractivity contribution in [1.82, 2.24) is 10.6 Å². The molecule has 1 aromatic rings. The second-order valence-electron chi connectivity index (χ2n) is 6.55. The zero-order chi connectivity index (χ0) is 17.7. The van der Waals surface area contributed by atoms with Crippen LogP contribution in [0.4, 0.5) is 0 Å². The Morgan fingerprint density at radius 1 is 1.23 bits per heavy atom. The summed E-state index contributed by atoms with van der Waals surface area (Å²) in [4.78, 5) is 4.65. The van der Waals surface area contributed by atoms with Gasteiger partial charge in [0.05, 0.1) is 17.2 Å². The minimum absolute atomic E-state index is 0. The Hall–Kier alpha value is -0.930. The van der Waals surface area contributed by atoms with Crippen LogP contribution in [0, 0.1) is 0 Å². The summed E-state index contributed by atoms with van der Waals surface area (Å²) in [6, 6.07) is 3.82. The van der Waals surface area contributed by atoms with Gasteiger partial charge in [0.1, 0.15) is 13.2 Å². The third kappa shape index (κ3) is 5.53. The largest absolute Gasteiger partial charge is 0.486 e. The molecule has 0 aliphatic carbocycles. The van der Waals surface area contributed by atoms with E-state index < -0.39 is 0 Å². The fraction of sp³-hybridized carbons (Fsp3) is 0.611. The van der Waals surface area contributed by atoms with Crippen LogP contribution in [0.25, 0.3) is 0 Å². The van der Waals surface area contributed by atoms with Gasteiger partial charge < -0.3 is 24.8 Å². The first-order chi connectivity index (χ1) is 12.1. The Morgan fingerprint density at radius 2 is 2.04 bits per heavy atom. The molecule has 1 atom stereocenters. The molecular formula is C18H27ClIN3O3. The van der Waals surface area contributed by atoms with Gasteiger partial charge in [-0.1, -0.05) is 11.6 Å². The summed E-state index contributed by atoms with van der Waals surface area (Å²) in [5.74, 6) is 2.08. The van der Waals surface area contributed by atoms with Crippen molar-refractivity contribution in [3.05, 3.63) is 22.7 Å². The van der Waals surface area contributed by atoms with Gasteiger partial charge in [0.2, 0.25) is 0 Å². The van der Waals surface area contributed by atoms with Crippen LogP contribution in [-0.2, 0) is 11.3 Å². The van der Waals surface area contributed by atoms with Crippen LogP contribution in [0.3, 0.4) is 0 Å². The van der Waals surface area contributed by atoms with E-state index in [2.05, 4.69) is 22.5 Å². The second kappa shape index (κ2) is 9.85. The Bertz CT molecular complexity index is 636. The number of halogens is 2. The third-order valence-electron chi connectivity index (χ3n) is 4.35. The Balaban J connectivity index is 0.00000243. The van der Waals surface area contributed by atoms with Crippen molar-refractivity contribution >= 4 is 41.5 Å². The van der Waals surface area contributed by atoms with E-state index in [-0.39, 0.29) is 29.6 Å². The molecule has 1 fully saturated rings. The summed E-state index contributed by atoms with van der Waals surface area (Å²) in [6.07, 6.45) is 2.18. The van der Waals surface area contributed by atoms with Crippen molar-refractivity contribution in [2.75, 3.05) is 32.9 Å². The van der Waals surface area contributed by atoms with Crippen molar-refractivity contribution in [2.45, 2.75) is 38.8 Å². The summed E-state index contributed by atoms with van der Waals surface area (Å²) in [5.41, 5.74) is 0.867. The molecule has 2 aliphatic heterocycles. The molecule has 6 nitrogen and oxygen atoms in total. The minimum atomic E-state index is -0.115. The highest BCUT2D eigenvalue weighted by Gasteiger charge is 2.29. The topological polar surface area (TPSA) is 64.1 Å². The van der Waals surface area contributed by atoms with Crippen molar-refractivity contribution in [1.29, 1.82) is 0 Å². The van der Waals surface area contributed by atoms with Crippen LogP contribution in [0.15, 0.2) is 17.1 Å². The van der Waals surface area contributed by atoms with E-state index in [1.165, 1.54) is 0 Å². The third-order valence-corrected chi connectivity index (χ3v) is 4.63. The van der Waals surface area contributed by atoms with Crippen molar-refractivity contribution in [2.24, 2.45) is 4.99 Å². The van der Waals surface area contributed by atoms with E-state index in [0.29, 0.717) is 36.3 Å². The number of nitrogens with zero attached hydrogens (tertiary/aromatic N) is 1. The maximum absolute atomic E-state index is 6.29. The van der Waals surface area contributed by atoms with E-state index in [1.807, 2.05) is 19.1 Å². The quantitative estimate of drug-likeness (QED) is 0.373. The van der Waals surface area contributed by atoms with Crippen molar-refractivity contribution in [3.63, 3.8) is 0 Å². The maximum Gasteiger partial charge on any atom is 0.191 e. The van der Waals surface area contributed by atoms with E-state index in [0.717, 1.165) is 44.1 Å². The summed E-state index contributed by atoms with van der Waals surface area (Å²) in [7, 11) is 0. The number of fused-ring (bicyclic) bond motifs is 1. The number of ether oxygens (including phenoxy) is 3. The zero-order valence-corrected chi connectivity index (χ0v) is 18.4. The predicted octanol–water partition coefficient (Wildman–Crippen LogP) is 3.35. The van der Waals surface area contributed by atoms with Gasteiger partial charge in [0, 0.05) is 19.7 Å². The standard InChI is InChI=1S/C18H26ClN3O3.HI/c1-3-20-17(22-12-18(2)5-4-6-25-18)21-11-13-9-14(19)16-15(10-13)23-7-8-24-16;/h9-10H,3-8,11-12H2,1-2H3,(H2,20,21,22);1H. The Morgan fingerprint density at radius 3 is 2.77 bits per heavy atom. The number of nitrogens with one attached hydrogen (secondary N) is 2. The van der Waals surface area contributed by atoms with Gasteiger partial charge in [-0.2, -0.15) is 0 Å². The van der Waals surface area contributed by atoms with Crippen molar-refractivity contribution in [3.8, 4) is 11.5 Å². The highest BCUT2D eigenvalue weighted by molar-refractivity contribution is 14.0. The van der Waals surface area contributed by atoms with Gasteiger partial charge in [0.15, 0.2) is 17.5 Å². The zero-order valence-electron chi connectivity index (χ0n) is 15.3. The lowest BCUT2D eigenvalue weighted by Gasteiger charge is -2.24.